The topological polar surface area (TPSA) is 93.8 Å². The molecule has 1 aromatic heterocycles. The van der Waals surface area contributed by atoms with Crippen LogP contribution < -0.4 is 10.6 Å². The molecule has 2 N–H and O–H groups in total. The molecule has 0 aromatic carbocycles. The van der Waals surface area contributed by atoms with Crippen molar-refractivity contribution >= 4 is 5.96 Å². The summed E-state index contributed by atoms with van der Waals surface area (Å²) in [6.45, 7) is 9.65. The van der Waals surface area contributed by atoms with E-state index in [9.17, 15) is 0 Å². The fourth-order valence-electron chi connectivity index (χ4n) is 2.39. The second-order valence-electron chi connectivity index (χ2n) is 7.18. The molecule has 1 unspecified atom stereocenters. The van der Waals surface area contributed by atoms with Crippen molar-refractivity contribution in [3.63, 3.8) is 0 Å². The van der Waals surface area contributed by atoms with Gasteiger partial charge < -0.3 is 24.6 Å². The van der Waals surface area contributed by atoms with E-state index in [4.69, 9.17) is 14.0 Å². The third-order valence-electron chi connectivity index (χ3n) is 3.83. The number of hydrogen-bond donors (Lipinski definition) is 2. The standard InChI is InChI=1S/C17H31N5O3/c1-17(2,3)15-21-14(22-25-15)11-20-16(18-4)19-8-6-9-23-12-13-7-5-10-24-13/h13H,5-12H2,1-4H3,(H2,18,19,20). The number of aromatic nitrogens is 2. The van der Waals surface area contributed by atoms with Crippen molar-refractivity contribution in [1.82, 2.24) is 20.8 Å². The molecule has 142 valence electrons. The minimum atomic E-state index is -0.144. The van der Waals surface area contributed by atoms with Gasteiger partial charge in [-0.2, -0.15) is 4.98 Å². The molecule has 0 aliphatic carbocycles. The zero-order valence-electron chi connectivity index (χ0n) is 15.8. The molecule has 0 spiro atoms. The summed E-state index contributed by atoms with van der Waals surface area (Å²) in [7, 11) is 1.74. The Bertz CT molecular complexity index is 533. The molecule has 0 radical (unpaired) electrons. The lowest BCUT2D eigenvalue weighted by Crippen LogP contribution is -2.37. The van der Waals surface area contributed by atoms with Crippen LogP contribution >= 0.6 is 0 Å². The molecule has 1 saturated heterocycles. The monoisotopic (exact) mass is 353 g/mol. The van der Waals surface area contributed by atoms with E-state index in [1.165, 1.54) is 0 Å². The molecule has 8 heteroatoms. The maximum Gasteiger partial charge on any atom is 0.232 e. The fourth-order valence-corrected chi connectivity index (χ4v) is 2.39. The number of rotatable bonds is 8. The van der Waals surface area contributed by atoms with Gasteiger partial charge in [-0.3, -0.25) is 4.99 Å². The zero-order valence-corrected chi connectivity index (χ0v) is 15.8. The van der Waals surface area contributed by atoms with Gasteiger partial charge in [-0.15, -0.1) is 0 Å². The molecule has 1 fully saturated rings. The second-order valence-corrected chi connectivity index (χ2v) is 7.18. The van der Waals surface area contributed by atoms with E-state index >= 15 is 0 Å². The highest BCUT2D eigenvalue weighted by molar-refractivity contribution is 5.79. The number of nitrogens with one attached hydrogen (secondary N) is 2. The fraction of sp³-hybridized carbons (Fsp3) is 0.824. The average Bonchev–Trinajstić information content (AvgIpc) is 3.24. The summed E-state index contributed by atoms with van der Waals surface area (Å²) in [5, 5.41) is 10.4. The second kappa shape index (κ2) is 9.72. The van der Waals surface area contributed by atoms with Gasteiger partial charge in [0.15, 0.2) is 11.8 Å². The van der Waals surface area contributed by atoms with E-state index in [0.29, 0.717) is 37.4 Å². The van der Waals surface area contributed by atoms with Gasteiger partial charge in [0.05, 0.1) is 19.3 Å². The lowest BCUT2D eigenvalue weighted by atomic mass is 9.97. The van der Waals surface area contributed by atoms with Gasteiger partial charge in [0.2, 0.25) is 5.89 Å². The number of hydrogen-bond acceptors (Lipinski definition) is 6. The Morgan fingerprint density at radius 3 is 2.84 bits per heavy atom. The molecule has 0 saturated carbocycles. The molecule has 1 atom stereocenters. The van der Waals surface area contributed by atoms with Crippen LogP contribution in [0.15, 0.2) is 9.52 Å². The maximum absolute atomic E-state index is 5.64. The highest BCUT2D eigenvalue weighted by atomic mass is 16.5. The van der Waals surface area contributed by atoms with Gasteiger partial charge in [-0.1, -0.05) is 25.9 Å². The Morgan fingerprint density at radius 2 is 2.20 bits per heavy atom. The summed E-state index contributed by atoms with van der Waals surface area (Å²) < 4.78 is 16.4. The molecule has 1 aromatic rings. The van der Waals surface area contributed by atoms with Gasteiger partial charge >= 0.3 is 0 Å². The molecule has 0 bridgehead atoms. The number of ether oxygens (including phenoxy) is 2. The zero-order chi connectivity index (χ0) is 18.1. The van der Waals surface area contributed by atoms with Crippen LogP contribution in [0.3, 0.4) is 0 Å². The Hall–Kier alpha value is -1.67. The van der Waals surface area contributed by atoms with Crippen LogP contribution in [0.5, 0.6) is 0 Å². The van der Waals surface area contributed by atoms with Crippen molar-refractivity contribution in [2.75, 3.05) is 33.4 Å². The third kappa shape index (κ3) is 6.99. The lowest BCUT2D eigenvalue weighted by molar-refractivity contribution is 0.0168. The van der Waals surface area contributed by atoms with Crippen molar-refractivity contribution in [2.24, 2.45) is 4.99 Å². The summed E-state index contributed by atoms with van der Waals surface area (Å²) in [6.07, 6.45) is 3.45. The van der Waals surface area contributed by atoms with E-state index < -0.39 is 0 Å². The number of nitrogens with zero attached hydrogens (tertiary/aromatic N) is 3. The van der Waals surface area contributed by atoms with E-state index in [1.54, 1.807) is 7.05 Å². The van der Waals surface area contributed by atoms with Gasteiger partial charge in [0, 0.05) is 32.2 Å². The lowest BCUT2D eigenvalue weighted by Gasteiger charge is -2.12. The summed E-state index contributed by atoms with van der Waals surface area (Å²) in [6, 6.07) is 0. The first-order valence-corrected chi connectivity index (χ1v) is 8.96. The molecule has 25 heavy (non-hydrogen) atoms. The quantitative estimate of drug-likeness (QED) is 0.417. The molecule has 0 amide bonds. The van der Waals surface area contributed by atoms with Gasteiger partial charge in [0.1, 0.15) is 0 Å². The number of aliphatic imine (C=N–C) groups is 1. The van der Waals surface area contributed by atoms with Crippen LogP contribution in [-0.2, 0) is 21.4 Å². The molecular formula is C17H31N5O3. The van der Waals surface area contributed by atoms with Gasteiger partial charge in [-0.05, 0) is 19.3 Å². The predicted octanol–water partition coefficient (Wildman–Crippen LogP) is 1.62. The Labute approximate surface area is 149 Å². The normalized spacial score (nSPS) is 18.6. The largest absolute Gasteiger partial charge is 0.379 e. The van der Waals surface area contributed by atoms with E-state index in [2.05, 4.69) is 25.8 Å². The van der Waals surface area contributed by atoms with Gasteiger partial charge in [0.25, 0.3) is 0 Å². The van der Waals surface area contributed by atoms with Crippen LogP contribution in [0.4, 0.5) is 0 Å². The third-order valence-corrected chi connectivity index (χ3v) is 3.83. The molecule has 1 aliphatic rings. The van der Waals surface area contributed by atoms with Crippen molar-refractivity contribution < 1.29 is 14.0 Å². The first kappa shape index (κ1) is 19.7. The first-order valence-electron chi connectivity index (χ1n) is 8.96. The summed E-state index contributed by atoms with van der Waals surface area (Å²) >= 11 is 0. The van der Waals surface area contributed by atoms with Crippen molar-refractivity contribution in [1.29, 1.82) is 0 Å². The molecular weight excluding hydrogens is 322 g/mol. The van der Waals surface area contributed by atoms with Crippen LogP contribution in [-0.4, -0.2) is 55.6 Å². The van der Waals surface area contributed by atoms with E-state index in [0.717, 1.165) is 32.4 Å². The summed E-state index contributed by atoms with van der Waals surface area (Å²) in [5.74, 6) is 1.96. The SMILES string of the molecule is CN=C(NCCCOCC1CCCO1)NCc1noc(C(C)(C)C)n1. The molecule has 2 rings (SSSR count). The van der Waals surface area contributed by atoms with Crippen LogP contribution in [0.2, 0.25) is 0 Å². The van der Waals surface area contributed by atoms with Crippen molar-refractivity contribution in [2.45, 2.75) is 58.1 Å². The van der Waals surface area contributed by atoms with Crippen LogP contribution in [0.25, 0.3) is 0 Å². The minimum absolute atomic E-state index is 0.144. The smallest absolute Gasteiger partial charge is 0.232 e. The van der Waals surface area contributed by atoms with E-state index in [-0.39, 0.29) is 11.5 Å². The molecule has 8 nitrogen and oxygen atoms in total. The van der Waals surface area contributed by atoms with E-state index in [1.807, 2.05) is 20.8 Å². The average molecular weight is 353 g/mol. The minimum Gasteiger partial charge on any atom is -0.379 e. The van der Waals surface area contributed by atoms with Crippen molar-refractivity contribution in [3.8, 4) is 0 Å². The summed E-state index contributed by atoms with van der Waals surface area (Å²) in [4.78, 5) is 8.58. The van der Waals surface area contributed by atoms with Crippen LogP contribution in [0, 0.1) is 0 Å². The highest BCUT2D eigenvalue weighted by Gasteiger charge is 2.21. The molecule has 2 heterocycles. The predicted molar refractivity (Wildman–Crippen MR) is 95.6 cm³/mol. The first-order chi connectivity index (χ1) is 12.0. The Kier molecular flexibility index (Phi) is 7.64. The Balaban J connectivity index is 1.58. The van der Waals surface area contributed by atoms with Crippen molar-refractivity contribution in [3.05, 3.63) is 11.7 Å². The number of guanidine groups is 1. The maximum atomic E-state index is 5.64. The Morgan fingerprint density at radius 1 is 1.36 bits per heavy atom. The van der Waals surface area contributed by atoms with Crippen LogP contribution in [0.1, 0.15) is 51.7 Å². The van der Waals surface area contributed by atoms with Gasteiger partial charge in [-0.25, -0.2) is 0 Å². The highest BCUT2D eigenvalue weighted by Crippen LogP contribution is 2.19. The molecule has 1 aliphatic heterocycles. The summed E-state index contributed by atoms with van der Waals surface area (Å²) in [5.41, 5.74) is -0.144.